The Hall–Kier alpha value is -2.38. The summed E-state index contributed by atoms with van der Waals surface area (Å²) >= 11 is 0. The van der Waals surface area contributed by atoms with E-state index in [9.17, 15) is 8.42 Å². The molecule has 1 unspecified atom stereocenters. The Morgan fingerprint density at radius 3 is 2.78 bits per heavy atom. The molecule has 0 radical (unpaired) electrons. The zero-order valence-electron chi connectivity index (χ0n) is 15.4. The molecule has 0 amide bonds. The number of sulfonamides is 1. The highest BCUT2D eigenvalue weighted by molar-refractivity contribution is 7.92. The van der Waals surface area contributed by atoms with Crippen molar-refractivity contribution >= 4 is 26.7 Å². The van der Waals surface area contributed by atoms with Crippen LogP contribution in [0.25, 0.3) is 11.0 Å². The quantitative estimate of drug-likeness (QED) is 0.684. The van der Waals surface area contributed by atoms with Crippen LogP contribution in [0.2, 0.25) is 0 Å². The van der Waals surface area contributed by atoms with Gasteiger partial charge in [-0.2, -0.15) is 0 Å². The number of anilines is 1. The maximum Gasteiger partial charge on any atom is 0.262 e. The van der Waals surface area contributed by atoms with Gasteiger partial charge in [0, 0.05) is 6.61 Å². The smallest absolute Gasteiger partial charge is 0.262 e. The van der Waals surface area contributed by atoms with Crippen molar-refractivity contribution in [2.24, 2.45) is 0 Å². The van der Waals surface area contributed by atoms with Gasteiger partial charge in [0.25, 0.3) is 10.0 Å². The van der Waals surface area contributed by atoms with E-state index in [4.69, 9.17) is 4.74 Å². The fraction of sp³-hybridized carbons (Fsp3) is 0.350. The molecule has 0 aliphatic carbocycles. The van der Waals surface area contributed by atoms with Gasteiger partial charge in [0.1, 0.15) is 11.9 Å². The number of benzene rings is 2. The van der Waals surface area contributed by atoms with E-state index >= 15 is 0 Å². The summed E-state index contributed by atoms with van der Waals surface area (Å²) in [6.07, 6.45) is 1.98. The van der Waals surface area contributed by atoms with Crippen LogP contribution in [-0.2, 0) is 14.8 Å². The van der Waals surface area contributed by atoms with Crippen molar-refractivity contribution < 1.29 is 13.2 Å². The minimum absolute atomic E-state index is 0.00420. The zero-order valence-corrected chi connectivity index (χ0v) is 16.2. The first-order chi connectivity index (χ1) is 12.9. The summed E-state index contributed by atoms with van der Waals surface area (Å²) in [5.41, 5.74) is 2.89. The largest absolute Gasteiger partial charge is 0.370 e. The fourth-order valence-corrected chi connectivity index (χ4v) is 4.87. The molecule has 3 aromatic rings. The third kappa shape index (κ3) is 3.57. The topological polar surface area (TPSA) is 84.1 Å². The second kappa shape index (κ2) is 6.98. The zero-order chi connectivity index (χ0) is 19.0. The number of hydrogen-bond acceptors (Lipinski definition) is 4. The molecule has 142 valence electrons. The Kier molecular flexibility index (Phi) is 4.65. The van der Waals surface area contributed by atoms with Crippen LogP contribution in [0, 0.1) is 0 Å². The molecule has 1 aliphatic rings. The number of imidazole rings is 1. The first-order valence-corrected chi connectivity index (χ1v) is 10.7. The van der Waals surface area contributed by atoms with E-state index in [1.807, 2.05) is 32.0 Å². The summed E-state index contributed by atoms with van der Waals surface area (Å²) in [6, 6.07) is 12.4. The number of hydrogen-bond donors (Lipinski definition) is 2. The Bertz CT molecular complexity index is 1070. The van der Waals surface area contributed by atoms with Crippen molar-refractivity contribution in [2.75, 3.05) is 11.3 Å². The molecule has 2 N–H and O–H groups in total. The third-order valence-corrected chi connectivity index (χ3v) is 6.27. The van der Waals surface area contributed by atoms with E-state index in [0.717, 1.165) is 41.9 Å². The van der Waals surface area contributed by atoms with Gasteiger partial charge in [-0.25, -0.2) is 13.4 Å². The van der Waals surface area contributed by atoms with E-state index in [2.05, 4.69) is 14.7 Å². The number of nitrogens with zero attached hydrogens (tertiary/aromatic N) is 1. The minimum Gasteiger partial charge on any atom is -0.370 e. The van der Waals surface area contributed by atoms with Crippen LogP contribution in [0.3, 0.4) is 0 Å². The fourth-order valence-electron chi connectivity index (χ4n) is 3.45. The van der Waals surface area contributed by atoms with Crippen LogP contribution in [0.5, 0.6) is 0 Å². The van der Waals surface area contributed by atoms with Gasteiger partial charge < -0.3 is 9.72 Å². The van der Waals surface area contributed by atoms with Gasteiger partial charge in [0.15, 0.2) is 0 Å². The van der Waals surface area contributed by atoms with Gasteiger partial charge in [0.05, 0.1) is 21.6 Å². The number of aromatic amines is 1. The summed E-state index contributed by atoms with van der Waals surface area (Å²) < 4.78 is 34.2. The second-order valence-corrected chi connectivity index (χ2v) is 8.80. The summed E-state index contributed by atoms with van der Waals surface area (Å²) in [5, 5.41) is 0. The molecule has 1 saturated heterocycles. The van der Waals surface area contributed by atoms with Gasteiger partial charge >= 0.3 is 0 Å². The van der Waals surface area contributed by atoms with Crippen molar-refractivity contribution in [3.8, 4) is 0 Å². The summed E-state index contributed by atoms with van der Waals surface area (Å²) in [7, 11) is -3.68. The molecular weight excluding hydrogens is 362 g/mol. The summed E-state index contributed by atoms with van der Waals surface area (Å²) in [6.45, 7) is 4.72. The lowest BCUT2D eigenvalue weighted by molar-refractivity contribution is 0.106. The first kappa shape index (κ1) is 18.0. The molecule has 1 aromatic heterocycles. The molecule has 2 aromatic carbocycles. The number of rotatable bonds is 5. The van der Waals surface area contributed by atoms with Crippen LogP contribution in [0.1, 0.15) is 50.1 Å². The molecule has 4 rings (SSSR count). The highest BCUT2D eigenvalue weighted by Gasteiger charge is 2.22. The van der Waals surface area contributed by atoms with Gasteiger partial charge in [-0.15, -0.1) is 0 Å². The van der Waals surface area contributed by atoms with Gasteiger partial charge in [0.2, 0.25) is 0 Å². The molecule has 6 nitrogen and oxygen atoms in total. The Labute approximate surface area is 159 Å². The average Bonchev–Trinajstić information content (AvgIpc) is 3.30. The van der Waals surface area contributed by atoms with Gasteiger partial charge in [-0.1, -0.05) is 32.0 Å². The lowest BCUT2D eigenvalue weighted by Gasteiger charge is -2.14. The summed E-state index contributed by atoms with van der Waals surface area (Å²) in [5.74, 6) is 0.912. The minimum atomic E-state index is -3.68. The van der Waals surface area contributed by atoms with Crippen LogP contribution in [0.15, 0.2) is 47.4 Å². The van der Waals surface area contributed by atoms with Crippen LogP contribution in [-0.4, -0.2) is 25.0 Å². The molecule has 0 saturated carbocycles. The lowest BCUT2D eigenvalue weighted by atomic mass is 10.0. The number of H-pyrrole nitrogens is 1. The number of nitrogens with one attached hydrogen (secondary N) is 2. The van der Waals surface area contributed by atoms with Crippen LogP contribution >= 0.6 is 0 Å². The molecule has 2 heterocycles. The molecule has 27 heavy (non-hydrogen) atoms. The maximum absolute atomic E-state index is 12.9. The molecule has 0 spiro atoms. The highest BCUT2D eigenvalue weighted by Crippen LogP contribution is 2.30. The summed E-state index contributed by atoms with van der Waals surface area (Å²) in [4.78, 5) is 8.14. The molecule has 1 atom stereocenters. The van der Waals surface area contributed by atoms with Crippen molar-refractivity contribution in [1.82, 2.24) is 9.97 Å². The monoisotopic (exact) mass is 385 g/mol. The van der Waals surface area contributed by atoms with E-state index in [1.54, 1.807) is 24.3 Å². The standard InChI is InChI=1S/C20H23N3O3S/c1-13(2)15-6-3-4-8-19(15)27(24,25)23-14-9-10-16-17(12-14)22-20(21-16)18-7-5-11-26-18/h3-4,6,8-10,12-13,18,23H,5,7,11H2,1-2H3,(H,21,22). The Morgan fingerprint density at radius 2 is 2.04 bits per heavy atom. The van der Waals surface area contributed by atoms with E-state index in [-0.39, 0.29) is 12.0 Å². The molecular formula is C20H23N3O3S. The first-order valence-electron chi connectivity index (χ1n) is 9.17. The van der Waals surface area contributed by atoms with Crippen molar-refractivity contribution in [3.63, 3.8) is 0 Å². The van der Waals surface area contributed by atoms with Crippen LogP contribution < -0.4 is 4.72 Å². The van der Waals surface area contributed by atoms with E-state index in [1.165, 1.54) is 0 Å². The SMILES string of the molecule is CC(C)c1ccccc1S(=O)(=O)Nc1ccc2nc(C3CCCO3)[nH]c2c1. The predicted molar refractivity (Wildman–Crippen MR) is 105 cm³/mol. The Morgan fingerprint density at radius 1 is 1.22 bits per heavy atom. The van der Waals surface area contributed by atoms with Crippen molar-refractivity contribution in [1.29, 1.82) is 0 Å². The van der Waals surface area contributed by atoms with Gasteiger partial charge in [-0.05, 0) is 48.6 Å². The maximum atomic E-state index is 12.9. The molecule has 1 aliphatic heterocycles. The predicted octanol–water partition coefficient (Wildman–Crippen LogP) is 4.34. The number of ether oxygens (including phenoxy) is 1. The average molecular weight is 385 g/mol. The molecule has 0 bridgehead atoms. The lowest BCUT2D eigenvalue weighted by Crippen LogP contribution is -2.15. The van der Waals surface area contributed by atoms with Crippen molar-refractivity contribution in [3.05, 3.63) is 53.9 Å². The molecule has 1 fully saturated rings. The van der Waals surface area contributed by atoms with Crippen LogP contribution in [0.4, 0.5) is 5.69 Å². The normalized spacial score (nSPS) is 17.7. The van der Waals surface area contributed by atoms with E-state index < -0.39 is 10.0 Å². The van der Waals surface area contributed by atoms with E-state index in [0.29, 0.717) is 10.6 Å². The number of aromatic nitrogens is 2. The van der Waals surface area contributed by atoms with Crippen molar-refractivity contribution in [2.45, 2.75) is 43.6 Å². The second-order valence-electron chi connectivity index (χ2n) is 7.15. The van der Waals surface area contributed by atoms with Gasteiger partial charge in [-0.3, -0.25) is 4.72 Å². The molecule has 7 heteroatoms. The highest BCUT2D eigenvalue weighted by atomic mass is 32.2. The number of fused-ring (bicyclic) bond motifs is 1. The Balaban J connectivity index is 1.64. The third-order valence-electron chi connectivity index (χ3n) is 4.82.